The molecule has 0 aliphatic rings. The third-order valence-corrected chi connectivity index (χ3v) is 6.34. The quantitative estimate of drug-likeness (QED) is 0.626. The number of aromatic nitrogens is 2. The van der Waals surface area contributed by atoms with Crippen molar-refractivity contribution in [2.75, 3.05) is 0 Å². The Hall–Kier alpha value is -1.86. The smallest absolute Gasteiger partial charge is 0.216 e. The van der Waals surface area contributed by atoms with Gasteiger partial charge >= 0.3 is 0 Å². The van der Waals surface area contributed by atoms with Gasteiger partial charge in [0.25, 0.3) is 0 Å². The van der Waals surface area contributed by atoms with Gasteiger partial charge in [-0.3, -0.25) is 0 Å². The highest BCUT2D eigenvalue weighted by Crippen LogP contribution is 2.26. The SMILES string of the molecule is Cc1nccn1-c1ccc(C(C)NS(=O)(=O)Cc2c(Cl)cccc2Cl)cc1. The molecule has 0 bridgehead atoms. The fourth-order valence-electron chi connectivity index (χ4n) is 2.81. The third kappa shape index (κ3) is 4.71. The molecule has 0 amide bonds. The zero-order valence-corrected chi connectivity index (χ0v) is 17.2. The largest absolute Gasteiger partial charge is 0.304 e. The first-order valence-electron chi connectivity index (χ1n) is 8.30. The van der Waals surface area contributed by atoms with E-state index in [9.17, 15) is 8.42 Å². The Morgan fingerprint density at radius 3 is 2.30 bits per heavy atom. The predicted octanol–water partition coefficient (Wildman–Crippen LogP) is 4.67. The van der Waals surface area contributed by atoms with Gasteiger partial charge in [0.2, 0.25) is 10.0 Å². The third-order valence-electron chi connectivity index (χ3n) is 4.25. The number of halogens is 2. The van der Waals surface area contributed by atoms with Gasteiger partial charge in [-0.15, -0.1) is 0 Å². The van der Waals surface area contributed by atoms with Crippen molar-refractivity contribution in [1.29, 1.82) is 0 Å². The second-order valence-electron chi connectivity index (χ2n) is 6.23. The number of aryl methyl sites for hydroxylation is 1. The lowest BCUT2D eigenvalue weighted by Crippen LogP contribution is -2.28. The fourth-order valence-corrected chi connectivity index (χ4v) is 4.95. The molecule has 8 heteroatoms. The summed E-state index contributed by atoms with van der Waals surface area (Å²) in [6.45, 7) is 3.72. The van der Waals surface area contributed by atoms with Crippen LogP contribution in [0.5, 0.6) is 0 Å². The summed E-state index contributed by atoms with van der Waals surface area (Å²) in [5, 5.41) is 0.668. The summed E-state index contributed by atoms with van der Waals surface area (Å²) in [7, 11) is -3.62. The van der Waals surface area contributed by atoms with Crippen LogP contribution in [0.15, 0.2) is 54.9 Å². The number of hydrogen-bond donors (Lipinski definition) is 1. The van der Waals surface area contributed by atoms with E-state index < -0.39 is 16.1 Å². The molecule has 0 saturated carbocycles. The first kappa shape index (κ1) is 19.9. The molecule has 27 heavy (non-hydrogen) atoms. The van der Waals surface area contributed by atoms with E-state index in [1.165, 1.54) is 0 Å². The van der Waals surface area contributed by atoms with Crippen molar-refractivity contribution in [3.05, 3.63) is 81.9 Å². The number of benzene rings is 2. The molecule has 1 unspecified atom stereocenters. The van der Waals surface area contributed by atoms with Crippen molar-refractivity contribution < 1.29 is 8.42 Å². The summed E-state index contributed by atoms with van der Waals surface area (Å²) in [4.78, 5) is 4.20. The summed E-state index contributed by atoms with van der Waals surface area (Å²) in [5.41, 5.74) is 2.21. The van der Waals surface area contributed by atoms with Crippen LogP contribution in [0, 0.1) is 6.92 Å². The van der Waals surface area contributed by atoms with Crippen LogP contribution in [0.25, 0.3) is 5.69 Å². The topological polar surface area (TPSA) is 64.0 Å². The molecule has 5 nitrogen and oxygen atoms in total. The van der Waals surface area contributed by atoms with E-state index in [1.807, 2.05) is 42.0 Å². The number of hydrogen-bond acceptors (Lipinski definition) is 3. The van der Waals surface area contributed by atoms with Crippen LogP contribution in [-0.4, -0.2) is 18.0 Å². The Morgan fingerprint density at radius 2 is 1.74 bits per heavy atom. The highest BCUT2D eigenvalue weighted by Gasteiger charge is 2.19. The van der Waals surface area contributed by atoms with Crippen LogP contribution in [0.1, 0.15) is 29.9 Å². The van der Waals surface area contributed by atoms with Gasteiger partial charge in [0.15, 0.2) is 0 Å². The molecule has 0 saturated heterocycles. The highest BCUT2D eigenvalue weighted by molar-refractivity contribution is 7.88. The van der Waals surface area contributed by atoms with Gasteiger partial charge in [0, 0.05) is 39.7 Å². The van der Waals surface area contributed by atoms with Gasteiger partial charge in [0.1, 0.15) is 5.82 Å². The Kier molecular flexibility index (Phi) is 5.91. The molecule has 1 atom stereocenters. The average molecular weight is 424 g/mol. The van der Waals surface area contributed by atoms with Crippen molar-refractivity contribution in [3.8, 4) is 5.69 Å². The van der Waals surface area contributed by atoms with E-state index in [0.717, 1.165) is 17.1 Å². The fraction of sp³-hybridized carbons (Fsp3) is 0.211. The van der Waals surface area contributed by atoms with E-state index >= 15 is 0 Å². The molecule has 1 aromatic heterocycles. The highest BCUT2D eigenvalue weighted by atomic mass is 35.5. The number of nitrogens with one attached hydrogen (secondary N) is 1. The average Bonchev–Trinajstić information content (AvgIpc) is 3.04. The lowest BCUT2D eigenvalue weighted by atomic mass is 10.1. The maximum atomic E-state index is 12.5. The first-order chi connectivity index (χ1) is 12.8. The van der Waals surface area contributed by atoms with Crippen molar-refractivity contribution in [2.24, 2.45) is 0 Å². The predicted molar refractivity (Wildman–Crippen MR) is 109 cm³/mol. The standard InChI is InChI=1S/C19H19Cl2N3O2S/c1-13(15-6-8-16(9-7-15)24-11-10-22-14(24)2)23-27(25,26)12-17-18(20)4-3-5-19(17)21/h3-11,13,23H,12H2,1-2H3. The summed E-state index contributed by atoms with van der Waals surface area (Å²) in [6.07, 6.45) is 3.61. The van der Waals surface area contributed by atoms with Gasteiger partial charge in [-0.05, 0) is 43.7 Å². The van der Waals surface area contributed by atoms with E-state index in [2.05, 4.69) is 9.71 Å². The van der Waals surface area contributed by atoms with Crippen LogP contribution >= 0.6 is 23.2 Å². The van der Waals surface area contributed by atoms with E-state index in [0.29, 0.717) is 15.6 Å². The Labute approximate surface area is 169 Å². The van der Waals surface area contributed by atoms with Gasteiger partial charge in [-0.25, -0.2) is 18.1 Å². The van der Waals surface area contributed by atoms with Crippen LogP contribution in [0.3, 0.4) is 0 Å². The minimum Gasteiger partial charge on any atom is -0.304 e. The number of sulfonamides is 1. The normalized spacial score (nSPS) is 12.9. The first-order valence-corrected chi connectivity index (χ1v) is 10.7. The zero-order valence-electron chi connectivity index (χ0n) is 14.9. The van der Waals surface area contributed by atoms with Crippen molar-refractivity contribution in [2.45, 2.75) is 25.6 Å². The molecular formula is C19H19Cl2N3O2S. The Balaban J connectivity index is 1.74. The lowest BCUT2D eigenvalue weighted by molar-refractivity contribution is 0.566. The summed E-state index contributed by atoms with van der Waals surface area (Å²) in [5.74, 6) is 0.607. The van der Waals surface area contributed by atoms with Gasteiger partial charge < -0.3 is 4.57 Å². The second-order valence-corrected chi connectivity index (χ2v) is 8.80. The molecule has 0 aliphatic carbocycles. The molecule has 0 spiro atoms. The van der Waals surface area contributed by atoms with Gasteiger partial charge in [-0.2, -0.15) is 0 Å². The molecule has 3 aromatic rings. The monoisotopic (exact) mass is 423 g/mol. The summed E-state index contributed by atoms with van der Waals surface area (Å²) in [6, 6.07) is 12.2. The number of rotatable bonds is 6. The summed E-state index contributed by atoms with van der Waals surface area (Å²) < 4.78 is 29.7. The van der Waals surface area contributed by atoms with Crippen LogP contribution < -0.4 is 4.72 Å². The maximum absolute atomic E-state index is 12.5. The Morgan fingerprint density at radius 1 is 1.11 bits per heavy atom. The van der Waals surface area contributed by atoms with E-state index in [1.54, 1.807) is 31.3 Å². The summed E-state index contributed by atoms with van der Waals surface area (Å²) >= 11 is 12.2. The van der Waals surface area contributed by atoms with E-state index in [4.69, 9.17) is 23.2 Å². The molecule has 3 rings (SSSR count). The Bertz CT molecular complexity index is 1030. The molecule has 0 fully saturated rings. The molecule has 0 aliphatic heterocycles. The maximum Gasteiger partial charge on any atom is 0.216 e. The van der Waals surface area contributed by atoms with Crippen molar-refractivity contribution >= 4 is 33.2 Å². The molecule has 142 valence electrons. The second kappa shape index (κ2) is 8.02. The number of imidazole rings is 1. The minimum atomic E-state index is -3.62. The molecule has 0 radical (unpaired) electrons. The van der Waals surface area contributed by atoms with Crippen molar-refractivity contribution in [1.82, 2.24) is 14.3 Å². The molecule has 1 N–H and O–H groups in total. The zero-order chi connectivity index (χ0) is 19.6. The molecule has 1 heterocycles. The molecule has 2 aromatic carbocycles. The van der Waals surface area contributed by atoms with Crippen LogP contribution in [0.2, 0.25) is 10.0 Å². The molecular weight excluding hydrogens is 405 g/mol. The van der Waals surface area contributed by atoms with Gasteiger partial charge in [-0.1, -0.05) is 41.4 Å². The van der Waals surface area contributed by atoms with Gasteiger partial charge in [0.05, 0.1) is 5.75 Å². The minimum absolute atomic E-state index is 0.276. The van der Waals surface area contributed by atoms with Crippen molar-refractivity contribution in [3.63, 3.8) is 0 Å². The van der Waals surface area contributed by atoms with E-state index in [-0.39, 0.29) is 5.75 Å². The number of nitrogens with zero attached hydrogens (tertiary/aromatic N) is 2. The van der Waals surface area contributed by atoms with Crippen LogP contribution in [0.4, 0.5) is 0 Å². The van der Waals surface area contributed by atoms with Crippen LogP contribution in [-0.2, 0) is 15.8 Å². The lowest BCUT2D eigenvalue weighted by Gasteiger charge is -2.16.